The highest BCUT2D eigenvalue weighted by Gasteiger charge is 2.22. The van der Waals surface area contributed by atoms with Crippen molar-refractivity contribution in [2.45, 2.75) is 26.1 Å². The monoisotopic (exact) mass is 449 g/mol. The first-order valence-corrected chi connectivity index (χ1v) is 11.1. The molecular weight excluding hydrogens is 418 g/mol. The molecule has 7 nitrogen and oxygen atoms in total. The van der Waals surface area contributed by atoms with Crippen LogP contribution in [0.2, 0.25) is 0 Å². The molecule has 1 heterocycles. The van der Waals surface area contributed by atoms with Crippen molar-refractivity contribution in [2.75, 3.05) is 26.8 Å². The van der Waals surface area contributed by atoms with E-state index in [4.69, 9.17) is 9.15 Å². The van der Waals surface area contributed by atoms with Crippen LogP contribution in [0.4, 0.5) is 4.79 Å². The predicted molar refractivity (Wildman–Crippen MR) is 126 cm³/mol. The highest BCUT2D eigenvalue weighted by molar-refractivity contribution is 5.84. The second-order valence-corrected chi connectivity index (χ2v) is 7.73. The summed E-state index contributed by atoms with van der Waals surface area (Å²) in [6.45, 7) is 2.06. The molecule has 0 aliphatic rings. The fraction of sp³-hybridized carbons (Fsp3) is 0.308. The van der Waals surface area contributed by atoms with E-state index in [1.165, 1.54) is 0 Å². The van der Waals surface area contributed by atoms with Crippen LogP contribution >= 0.6 is 0 Å². The fourth-order valence-electron chi connectivity index (χ4n) is 3.43. The zero-order valence-corrected chi connectivity index (χ0v) is 19.0. The van der Waals surface area contributed by atoms with E-state index in [1.807, 2.05) is 66.7 Å². The SMILES string of the molecule is COCCCN(CC(=O)N(Cc1ccccc1)Cc1ccco1)C(=O)NCc1ccccc1. The highest BCUT2D eigenvalue weighted by atomic mass is 16.5. The van der Waals surface area contributed by atoms with Crippen LogP contribution in [0.15, 0.2) is 83.5 Å². The first-order chi connectivity index (χ1) is 16.2. The number of amides is 3. The van der Waals surface area contributed by atoms with Gasteiger partial charge in [-0.3, -0.25) is 4.79 Å². The second kappa shape index (κ2) is 13.1. The zero-order chi connectivity index (χ0) is 23.3. The summed E-state index contributed by atoms with van der Waals surface area (Å²) < 4.78 is 10.6. The minimum Gasteiger partial charge on any atom is -0.467 e. The number of carbonyl (C=O) groups excluding carboxylic acids is 2. The van der Waals surface area contributed by atoms with Gasteiger partial charge < -0.3 is 24.3 Å². The van der Waals surface area contributed by atoms with E-state index in [9.17, 15) is 9.59 Å². The van der Waals surface area contributed by atoms with E-state index < -0.39 is 0 Å². The Balaban J connectivity index is 1.68. The van der Waals surface area contributed by atoms with E-state index in [2.05, 4.69) is 5.32 Å². The molecular formula is C26H31N3O4. The third-order valence-corrected chi connectivity index (χ3v) is 5.17. The molecule has 0 aliphatic heterocycles. The standard InChI is InChI=1S/C26H31N3O4/c1-32-16-9-15-28(26(31)27-18-22-10-4-2-5-11-22)21-25(30)29(20-24-14-8-17-33-24)19-23-12-6-3-7-13-23/h2-8,10-14,17H,9,15-16,18-21H2,1H3,(H,27,31). The van der Waals surface area contributed by atoms with Crippen molar-refractivity contribution < 1.29 is 18.7 Å². The molecule has 0 fully saturated rings. The number of rotatable bonds is 12. The maximum Gasteiger partial charge on any atom is 0.318 e. The molecule has 0 bridgehead atoms. The van der Waals surface area contributed by atoms with Crippen molar-refractivity contribution in [2.24, 2.45) is 0 Å². The summed E-state index contributed by atoms with van der Waals surface area (Å²) in [5.41, 5.74) is 2.01. The Kier molecular flexibility index (Phi) is 9.54. The van der Waals surface area contributed by atoms with Crippen molar-refractivity contribution in [1.29, 1.82) is 0 Å². The van der Waals surface area contributed by atoms with Crippen LogP contribution in [0.5, 0.6) is 0 Å². The number of nitrogens with one attached hydrogen (secondary N) is 1. The third-order valence-electron chi connectivity index (χ3n) is 5.17. The molecule has 3 aromatic rings. The summed E-state index contributed by atoms with van der Waals surface area (Å²) in [6, 6.07) is 22.8. The molecule has 0 unspecified atom stereocenters. The number of methoxy groups -OCH3 is 1. The Bertz CT molecular complexity index is 962. The van der Waals surface area contributed by atoms with Crippen LogP contribution < -0.4 is 5.32 Å². The molecule has 3 rings (SSSR count). The zero-order valence-electron chi connectivity index (χ0n) is 19.0. The van der Waals surface area contributed by atoms with Gasteiger partial charge in [0.15, 0.2) is 0 Å². The van der Waals surface area contributed by atoms with E-state index in [0.29, 0.717) is 45.0 Å². The molecule has 0 saturated heterocycles. The van der Waals surface area contributed by atoms with Crippen LogP contribution in [-0.4, -0.2) is 48.5 Å². The molecule has 0 atom stereocenters. The molecule has 0 spiro atoms. The number of carbonyl (C=O) groups is 2. The lowest BCUT2D eigenvalue weighted by Crippen LogP contribution is -2.46. The second-order valence-electron chi connectivity index (χ2n) is 7.73. The van der Waals surface area contributed by atoms with Crippen molar-refractivity contribution in [3.8, 4) is 0 Å². The van der Waals surface area contributed by atoms with Crippen LogP contribution in [0, 0.1) is 0 Å². The van der Waals surface area contributed by atoms with Gasteiger partial charge in [-0.05, 0) is 29.7 Å². The van der Waals surface area contributed by atoms with Crippen molar-refractivity contribution >= 4 is 11.9 Å². The number of nitrogens with zero attached hydrogens (tertiary/aromatic N) is 2. The van der Waals surface area contributed by atoms with Crippen LogP contribution in [-0.2, 0) is 29.2 Å². The third kappa shape index (κ3) is 8.12. The van der Waals surface area contributed by atoms with Gasteiger partial charge in [-0.25, -0.2) is 4.79 Å². The van der Waals surface area contributed by atoms with Gasteiger partial charge in [-0.15, -0.1) is 0 Å². The number of ether oxygens (including phenoxy) is 1. The van der Waals surface area contributed by atoms with Crippen LogP contribution in [0.1, 0.15) is 23.3 Å². The van der Waals surface area contributed by atoms with Gasteiger partial charge in [-0.2, -0.15) is 0 Å². The molecule has 7 heteroatoms. The van der Waals surface area contributed by atoms with Gasteiger partial charge in [0.1, 0.15) is 12.3 Å². The summed E-state index contributed by atoms with van der Waals surface area (Å²) in [6.07, 6.45) is 2.23. The summed E-state index contributed by atoms with van der Waals surface area (Å²) in [4.78, 5) is 29.5. The van der Waals surface area contributed by atoms with E-state index in [1.54, 1.807) is 29.2 Å². The quantitative estimate of drug-likeness (QED) is 0.423. The normalized spacial score (nSPS) is 10.6. The summed E-state index contributed by atoms with van der Waals surface area (Å²) in [5.74, 6) is 0.543. The highest BCUT2D eigenvalue weighted by Crippen LogP contribution is 2.12. The summed E-state index contributed by atoms with van der Waals surface area (Å²) in [7, 11) is 1.62. The molecule has 1 N–H and O–H groups in total. The number of hydrogen-bond donors (Lipinski definition) is 1. The number of furan rings is 1. The van der Waals surface area contributed by atoms with E-state index >= 15 is 0 Å². The summed E-state index contributed by atoms with van der Waals surface area (Å²) in [5, 5.41) is 2.92. The lowest BCUT2D eigenvalue weighted by atomic mass is 10.2. The topological polar surface area (TPSA) is 75.0 Å². The largest absolute Gasteiger partial charge is 0.467 e. The van der Waals surface area contributed by atoms with Crippen LogP contribution in [0.3, 0.4) is 0 Å². The van der Waals surface area contributed by atoms with E-state index in [0.717, 1.165) is 11.1 Å². The lowest BCUT2D eigenvalue weighted by molar-refractivity contribution is -0.133. The maximum absolute atomic E-state index is 13.3. The minimum atomic E-state index is -0.277. The average molecular weight is 450 g/mol. The van der Waals surface area contributed by atoms with Gasteiger partial charge in [0.05, 0.1) is 12.8 Å². The fourth-order valence-corrected chi connectivity index (χ4v) is 3.43. The first-order valence-electron chi connectivity index (χ1n) is 11.1. The van der Waals surface area contributed by atoms with Gasteiger partial charge in [-0.1, -0.05) is 60.7 Å². The van der Waals surface area contributed by atoms with Crippen molar-refractivity contribution in [3.05, 3.63) is 95.9 Å². The first kappa shape index (κ1) is 24.1. The van der Waals surface area contributed by atoms with Crippen LogP contribution in [0.25, 0.3) is 0 Å². The average Bonchev–Trinajstić information content (AvgIpc) is 3.36. The van der Waals surface area contributed by atoms with Gasteiger partial charge in [0.25, 0.3) is 0 Å². The Labute approximate surface area is 194 Å². The molecule has 0 saturated carbocycles. The number of benzene rings is 2. The molecule has 0 aliphatic carbocycles. The van der Waals surface area contributed by atoms with Crippen molar-refractivity contribution in [3.63, 3.8) is 0 Å². The molecule has 1 aromatic heterocycles. The molecule has 174 valence electrons. The number of hydrogen-bond acceptors (Lipinski definition) is 4. The van der Waals surface area contributed by atoms with Gasteiger partial charge >= 0.3 is 6.03 Å². The van der Waals surface area contributed by atoms with Gasteiger partial charge in [0, 0.05) is 33.4 Å². The summed E-state index contributed by atoms with van der Waals surface area (Å²) >= 11 is 0. The molecule has 2 aromatic carbocycles. The van der Waals surface area contributed by atoms with Crippen molar-refractivity contribution in [1.82, 2.24) is 15.1 Å². The minimum absolute atomic E-state index is 0.0299. The smallest absolute Gasteiger partial charge is 0.318 e. The molecule has 3 amide bonds. The maximum atomic E-state index is 13.3. The van der Waals surface area contributed by atoms with E-state index in [-0.39, 0.29) is 18.5 Å². The molecule has 0 radical (unpaired) electrons. The Hall–Kier alpha value is -3.58. The number of urea groups is 1. The predicted octanol–water partition coefficient (Wildman–Crippen LogP) is 4.06. The van der Waals surface area contributed by atoms with Gasteiger partial charge in [0.2, 0.25) is 5.91 Å². The molecule has 33 heavy (non-hydrogen) atoms. The Morgan fingerprint density at radius 3 is 2.21 bits per heavy atom. The lowest BCUT2D eigenvalue weighted by Gasteiger charge is -2.27. The Morgan fingerprint density at radius 2 is 1.58 bits per heavy atom. The Morgan fingerprint density at radius 1 is 0.879 bits per heavy atom.